The molecule has 1 heterocycles. The average Bonchev–Trinajstić information content (AvgIpc) is 2.90. The lowest BCUT2D eigenvalue weighted by Gasteiger charge is -2.20. The molecule has 1 atom stereocenters. The molecule has 38 heavy (non-hydrogen) atoms. The van der Waals surface area contributed by atoms with E-state index in [9.17, 15) is 14.7 Å². The zero-order valence-electron chi connectivity index (χ0n) is 20.2. The molecule has 0 fully saturated rings. The van der Waals surface area contributed by atoms with Crippen LogP contribution in [0.4, 0.5) is 16.2 Å². The van der Waals surface area contributed by atoms with E-state index in [0.29, 0.717) is 23.4 Å². The number of aromatic nitrogens is 1. The third kappa shape index (κ3) is 6.85. The van der Waals surface area contributed by atoms with Crippen LogP contribution in [0.1, 0.15) is 11.1 Å². The average molecular weight is 511 g/mol. The molecule has 0 bridgehead atoms. The SMILES string of the molecule is N=C(N)c1cccc(N[C@@H](Cc2ccc(O)cc2)C(=O)Nc2ccc(-c3ccnc(OC(N)=O)c3)cc2)c1. The molecule has 2 amide bonds. The van der Waals surface area contributed by atoms with E-state index in [2.05, 4.69) is 15.6 Å². The van der Waals surface area contributed by atoms with Crippen molar-refractivity contribution < 1.29 is 19.4 Å². The van der Waals surface area contributed by atoms with Gasteiger partial charge in [0.05, 0.1) is 0 Å². The van der Waals surface area contributed by atoms with Gasteiger partial charge in [0.15, 0.2) is 0 Å². The van der Waals surface area contributed by atoms with E-state index in [4.69, 9.17) is 21.6 Å². The smallest absolute Gasteiger partial charge is 0.411 e. The van der Waals surface area contributed by atoms with Gasteiger partial charge >= 0.3 is 6.09 Å². The number of hydrogen-bond acceptors (Lipinski definition) is 7. The van der Waals surface area contributed by atoms with Gasteiger partial charge in [-0.3, -0.25) is 10.2 Å². The van der Waals surface area contributed by atoms with Crippen LogP contribution >= 0.6 is 0 Å². The molecule has 1 aromatic heterocycles. The van der Waals surface area contributed by atoms with Crippen LogP contribution in [0.2, 0.25) is 0 Å². The molecule has 0 saturated carbocycles. The van der Waals surface area contributed by atoms with Gasteiger partial charge in [0, 0.05) is 35.6 Å². The molecule has 3 aromatic carbocycles. The zero-order valence-corrected chi connectivity index (χ0v) is 20.2. The van der Waals surface area contributed by atoms with Crippen LogP contribution in [-0.4, -0.2) is 34.0 Å². The predicted octanol–water partition coefficient (Wildman–Crippen LogP) is 3.86. The first kappa shape index (κ1) is 25.7. The Labute approximate surface area is 218 Å². The quantitative estimate of drug-likeness (QED) is 0.146. The van der Waals surface area contributed by atoms with Crippen molar-refractivity contribution in [3.05, 3.63) is 102 Å². The van der Waals surface area contributed by atoms with E-state index in [1.807, 2.05) is 12.1 Å². The third-order valence-corrected chi connectivity index (χ3v) is 5.63. The van der Waals surface area contributed by atoms with Crippen LogP contribution in [0.3, 0.4) is 0 Å². The van der Waals surface area contributed by atoms with Crippen molar-refractivity contribution in [2.75, 3.05) is 10.6 Å². The molecule has 8 N–H and O–H groups in total. The fourth-order valence-electron chi connectivity index (χ4n) is 3.78. The minimum atomic E-state index is -0.948. The van der Waals surface area contributed by atoms with Gasteiger partial charge in [0.1, 0.15) is 17.6 Å². The fourth-order valence-corrected chi connectivity index (χ4v) is 3.78. The Balaban J connectivity index is 1.52. The molecule has 0 aliphatic rings. The number of primary amides is 1. The summed E-state index contributed by atoms with van der Waals surface area (Å²) in [5.74, 6) is -0.125. The lowest BCUT2D eigenvalue weighted by molar-refractivity contribution is -0.116. The summed E-state index contributed by atoms with van der Waals surface area (Å²) in [6.45, 7) is 0. The summed E-state index contributed by atoms with van der Waals surface area (Å²) < 4.78 is 4.83. The summed E-state index contributed by atoms with van der Waals surface area (Å²) >= 11 is 0. The van der Waals surface area contributed by atoms with Gasteiger partial charge in [-0.1, -0.05) is 36.4 Å². The summed E-state index contributed by atoms with van der Waals surface area (Å²) in [5, 5.41) is 23.5. The van der Waals surface area contributed by atoms with Crippen molar-refractivity contribution in [2.24, 2.45) is 11.5 Å². The van der Waals surface area contributed by atoms with Crippen LogP contribution in [-0.2, 0) is 11.2 Å². The number of amides is 2. The minimum absolute atomic E-state index is 0.0733. The standard InChI is InChI=1S/C28H26N6O4/c29-26(30)20-2-1-3-22(15-20)33-24(14-17-4-10-23(35)11-5-17)27(36)34-21-8-6-18(7-9-21)19-12-13-32-25(16-19)38-28(31)37/h1-13,15-16,24,33,35H,14H2,(H3,29,30)(H2,31,37)(H,34,36)/t24-/m0/s1. The normalized spacial score (nSPS) is 11.3. The molecule has 0 unspecified atom stereocenters. The molecule has 4 rings (SSSR count). The summed E-state index contributed by atoms with van der Waals surface area (Å²) in [7, 11) is 0. The number of nitrogens with two attached hydrogens (primary N) is 2. The number of pyridine rings is 1. The number of anilines is 2. The number of rotatable bonds is 9. The molecule has 192 valence electrons. The van der Waals surface area contributed by atoms with Crippen molar-refractivity contribution in [3.63, 3.8) is 0 Å². The maximum absolute atomic E-state index is 13.4. The van der Waals surface area contributed by atoms with Gasteiger partial charge in [-0.05, 0) is 59.2 Å². The van der Waals surface area contributed by atoms with Crippen molar-refractivity contribution in [2.45, 2.75) is 12.5 Å². The van der Waals surface area contributed by atoms with Gasteiger partial charge in [0.25, 0.3) is 0 Å². The Bertz CT molecular complexity index is 1460. The number of ether oxygens (including phenoxy) is 1. The van der Waals surface area contributed by atoms with Crippen LogP contribution in [0.25, 0.3) is 11.1 Å². The Morgan fingerprint density at radius 2 is 1.66 bits per heavy atom. The summed E-state index contributed by atoms with van der Waals surface area (Å²) in [6.07, 6.45) is 0.897. The second kappa shape index (κ2) is 11.6. The molecule has 0 aliphatic carbocycles. The number of phenols is 1. The first-order valence-electron chi connectivity index (χ1n) is 11.6. The Morgan fingerprint density at radius 1 is 0.921 bits per heavy atom. The molecule has 0 spiro atoms. The molecule has 0 aliphatic heterocycles. The van der Waals surface area contributed by atoms with E-state index >= 15 is 0 Å². The lowest BCUT2D eigenvalue weighted by Crippen LogP contribution is -2.36. The lowest BCUT2D eigenvalue weighted by atomic mass is 10.0. The van der Waals surface area contributed by atoms with Gasteiger partial charge < -0.3 is 31.9 Å². The van der Waals surface area contributed by atoms with E-state index in [1.165, 1.54) is 6.20 Å². The number of nitrogen functional groups attached to an aromatic ring is 1. The van der Waals surface area contributed by atoms with Crippen LogP contribution in [0.5, 0.6) is 11.6 Å². The molecule has 10 nitrogen and oxygen atoms in total. The monoisotopic (exact) mass is 510 g/mol. The predicted molar refractivity (Wildman–Crippen MR) is 145 cm³/mol. The molecular formula is C28H26N6O4. The van der Waals surface area contributed by atoms with E-state index < -0.39 is 12.1 Å². The highest BCUT2D eigenvalue weighted by Crippen LogP contribution is 2.24. The van der Waals surface area contributed by atoms with Gasteiger partial charge in [-0.25, -0.2) is 9.78 Å². The fraction of sp³-hybridized carbons (Fsp3) is 0.0714. The summed E-state index contributed by atoms with van der Waals surface area (Å²) in [6, 6.07) is 23.4. The largest absolute Gasteiger partial charge is 0.508 e. The summed E-state index contributed by atoms with van der Waals surface area (Å²) in [5.41, 5.74) is 14.9. The van der Waals surface area contributed by atoms with Gasteiger partial charge in [-0.15, -0.1) is 0 Å². The number of aromatic hydroxyl groups is 1. The maximum atomic E-state index is 13.4. The van der Waals surface area contributed by atoms with Crippen molar-refractivity contribution in [1.29, 1.82) is 5.41 Å². The molecule has 0 saturated heterocycles. The van der Waals surface area contributed by atoms with Gasteiger partial charge in [0.2, 0.25) is 11.8 Å². The zero-order chi connectivity index (χ0) is 27.1. The number of nitrogens with one attached hydrogen (secondary N) is 3. The number of amidine groups is 1. The molecular weight excluding hydrogens is 484 g/mol. The third-order valence-electron chi connectivity index (χ3n) is 5.63. The van der Waals surface area contributed by atoms with E-state index in [-0.39, 0.29) is 23.4 Å². The number of nitrogens with zero attached hydrogens (tertiary/aromatic N) is 1. The van der Waals surface area contributed by atoms with Gasteiger partial charge in [-0.2, -0.15) is 0 Å². The first-order valence-corrected chi connectivity index (χ1v) is 11.6. The molecule has 4 aromatic rings. The maximum Gasteiger partial charge on any atom is 0.411 e. The number of hydrogen-bond donors (Lipinski definition) is 6. The van der Waals surface area contributed by atoms with Crippen LogP contribution in [0.15, 0.2) is 91.1 Å². The van der Waals surface area contributed by atoms with E-state index in [1.54, 1.807) is 72.8 Å². The number of benzene rings is 3. The van der Waals surface area contributed by atoms with Crippen molar-refractivity contribution in [1.82, 2.24) is 4.98 Å². The van der Waals surface area contributed by atoms with Crippen LogP contribution in [0, 0.1) is 5.41 Å². The van der Waals surface area contributed by atoms with Crippen molar-refractivity contribution in [3.8, 4) is 22.8 Å². The Hall–Kier alpha value is -5.38. The second-order valence-electron chi connectivity index (χ2n) is 8.43. The first-order chi connectivity index (χ1) is 18.3. The number of phenolic OH excluding ortho intramolecular Hbond substituents is 1. The molecule has 10 heteroatoms. The highest BCUT2D eigenvalue weighted by atomic mass is 16.6. The topological polar surface area (TPSA) is 176 Å². The molecule has 0 radical (unpaired) electrons. The second-order valence-corrected chi connectivity index (χ2v) is 8.43. The summed E-state index contributed by atoms with van der Waals surface area (Å²) in [4.78, 5) is 28.3. The Kier molecular flexibility index (Phi) is 7.83. The number of carbonyl (C=O) groups is 2. The minimum Gasteiger partial charge on any atom is -0.508 e. The highest BCUT2D eigenvalue weighted by molar-refractivity contribution is 5.98. The highest BCUT2D eigenvalue weighted by Gasteiger charge is 2.20. The Morgan fingerprint density at radius 3 is 2.34 bits per heavy atom. The number of carbonyl (C=O) groups excluding carboxylic acids is 2. The van der Waals surface area contributed by atoms with E-state index in [0.717, 1.165) is 16.7 Å². The van der Waals surface area contributed by atoms with Crippen molar-refractivity contribution >= 4 is 29.2 Å². The van der Waals surface area contributed by atoms with Crippen LogP contribution < -0.4 is 26.8 Å².